The molecule has 0 aliphatic carbocycles. The van der Waals surface area contributed by atoms with Gasteiger partial charge in [-0.2, -0.15) is 0 Å². The van der Waals surface area contributed by atoms with Gasteiger partial charge in [-0.3, -0.25) is 9.36 Å². The van der Waals surface area contributed by atoms with Crippen LogP contribution in [0.5, 0.6) is 0 Å². The van der Waals surface area contributed by atoms with E-state index in [-0.39, 0.29) is 5.91 Å². The first-order valence-electron chi connectivity index (χ1n) is 8.84. The molecule has 0 aliphatic heterocycles. The van der Waals surface area contributed by atoms with E-state index in [1.54, 1.807) is 6.26 Å². The van der Waals surface area contributed by atoms with Gasteiger partial charge in [0.15, 0.2) is 10.9 Å². The maximum absolute atomic E-state index is 12.2. The van der Waals surface area contributed by atoms with Crippen molar-refractivity contribution in [2.45, 2.75) is 11.6 Å². The highest BCUT2D eigenvalue weighted by atomic mass is 32.2. The molecule has 4 rings (SSSR count). The molecule has 28 heavy (non-hydrogen) atoms. The number of hydrogen-bond acceptors (Lipinski definition) is 5. The summed E-state index contributed by atoms with van der Waals surface area (Å²) in [4.78, 5) is 12.2. The van der Waals surface area contributed by atoms with Crippen LogP contribution in [0.4, 0.5) is 5.69 Å². The van der Waals surface area contributed by atoms with Crippen LogP contribution in [0.1, 0.15) is 6.42 Å². The first-order chi connectivity index (χ1) is 13.8. The summed E-state index contributed by atoms with van der Waals surface area (Å²) in [5, 5.41) is 12.2. The Hall–Kier alpha value is -3.32. The molecule has 7 heteroatoms. The van der Waals surface area contributed by atoms with E-state index in [2.05, 4.69) is 15.5 Å². The summed E-state index contributed by atoms with van der Waals surface area (Å²) in [6, 6.07) is 23.0. The number of para-hydroxylation sites is 2. The summed E-state index contributed by atoms with van der Waals surface area (Å²) in [6.07, 6.45) is 1.98. The van der Waals surface area contributed by atoms with Gasteiger partial charge in [-0.15, -0.1) is 10.2 Å². The third-order valence-electron chi connectivity index (χ3n) is 4.01. The Kier molecular flexibility index (Phi) is 5.53. The van der Waals surface area contributed by atoms with Gasteiger partial charge in [-0.25, -0.2) is 0 Å². The highest BCUT2D eigenvalue weighted by Gasteiger charge is 2.18. The first-order valence-corrected chi connectivity index (χ1v) is 9.82. The lowest BCUT2D eigenvalue weighted by Gasteiger charge is -2.09. The molecule has 0 spiro atoms. The van der Waals surface area contributed by atoms with Gasteiger partial charge in [0.05, 0.1) is 6.26 Å². The van der Waals surface area contributed by atoms with Gasteiger partial charge < -0.3 is 9.73 Å². The molecule has 0 fully saturated rings. The van der Waals surface area contributed by atoms with E-state index in [0.717, 1.165) is 11.4 Å². The van der Waals surface area contributed by atoms with Crippen molar-refractivity contribution in [1.29, 1.82) is 0 Å². The lowest BCUT2D eigenvalue weighted by atomic mass is 10.3. The second-order valence-electron chi connectivity index (χ2n) is 5.97. The third kappa shape index (κ3) is 4.15. The number of hydrogen-bond donors (Lipinski definition) is 1. The van der Waals surface area contributed by atoms with Crippen molar-refractivity contribution in [3.05, 3.63) is 79.1 Å². The summed E-state index contributed by atoms with van der Waals surface area (Å²) >= 11 is 1.49. The number of nitrogens with zero attached hydrogens (tertiary/aromatic N) is 3. The normalized spacial score (nSPS) is 10.7. The zero-order valence-electron chi connectivity index (χ0n) is 15.0. The molecule has 0 saturated carbocycles. The Morgan fingerprint density at radius 2 is 1.71 bits per heavy atom. The van der Waals surface area contributed by atoms with Gasteiger partial charge in [0, 0.05) is 23.5 Å². The number of anilines is 1. The SMILES string of the molecule is O=C(CCSc1nnc(-c2ccco2)n1-c1ccccc1)Nc1ccccc1. The summed E-state index contributed by atoms with van der Waals surface area (Å²) in [5.74, 6) is 1.83. The van der Waals surface area contributed by atoms with Crippen LogP contribution in [0.15, 0.2) is 88.6 Å². The van der Waals surface area contributed by atoms with Crippen LogP contribution < -0.4 is 5.32 Å². The molecule has 2 heterocycles. The van der Waals surface area contributed by atoms with Crippen molar-refractivity contribution in [3.63, 3.8) is 0 Å². The summed E-state index contributed by atoms with van der Waals surface area (Å²) in [7, 11) is 0. The molecule has 2 aromatic carbocycles. The number of nitrogens with one attached hydrogen (secondary N) is 1. The summed E-state index contributed by atoms with van der Waals surface area (Å²) in [5.41, 5.74) is 1.74. The van der Waals surface area contributed by atoms with Crippen LogP contribution in [-0.4, -0.2) is 26.4 Å². The zero-order valence-corrected chi connectivity index (χ0v) is 15.8. The van der Waals surface area contributed by atoms with E-state index in [4.69, 9.17) is 4.42 Å². The molecule has 0 aliphatic rings. The number of benzene rings is 2. The largest absolute Gasteiger partial charge is 0.461 e. The Morgan fingerprint density at radius 3 is 2.43 bits per heavy atom. The van der Waals surface area contributed by atoms with Crippen LogP contribution >= 0.6 is 11.8 Å². The second-order valence-corrected chi connectivity index (χ2v) is 7.03. The third-order valence-corrected chi connectivity index (χ3v) is 4.94. The number of carbonyl (C=O) groups is 1. The molecule has 0 unspecified atom stereocenters. The van der Waals surface area contributed by atoms with Crippen molar-refractivity contribution < 1.29 is 9.21 Å². The lowest BCUT2D eigenvalue weighted by Crippen LogP contribution is -2.12. The molecule has 1 amide bonds. The molecule has 1 N–H and O–H groups in total. The van der Waals surface area contributed by atoms with E-state index >= 15 is 0 Å². The minimum Gasteiger partial charge on any atom is -0.461 e. The maximum Gasteiger partial charge on any atom is 0.225 e. The van der Waals surface area contributed by atoms with E-state index in [9.17, 15) is 4.79 Å². The Morgan fingerprint density at radius 1 is 0.964 bits per heavy atom. The highest BCUT2D eigenvalue weighted by molar-refractivity contribution is 7.99. The van der Waals surface area contributed by atoms with Gasteiger partial charge in [0.1, 0.15) is 0 Å². The Bertz CT molecular complexity index is 1030. The first kappa shape index (κ1) is 18.1. The van der Waals surface area contributed by atoms with E-state index in [1.807, 2.05) is 77.4 Å². The fraction of sp³-hybridized carbons (Fsp3) is 0.0952. The fourth-order valence-corrected chi connectivity index (χ4v) is 3.61. The Balaban J connectivity index is 1.48. The van der Waals surface area contributed by atoms with Crippen LogP contribution in [0.25, 0.3) is 17.3 Å². The molecular weight excluding hydrogens is 372 g/mol. The van der Waals surface area contributed by atoms with Gasteiger partial charge in [0.25, 0.3) is 0 Å². The number of rotatable bonds is 7. The predicted octanol–water partition coefficient (Wildman–Crippen LogP) is 4.65. The molecule has 6 nitrogen and oxygen atoms in total. The molecule has 0 bridgehead atoms. The van der Waals surface area contributed by atoms with E-state index in [1.165, 1.54) is 11.8 Å². The van der Waals surface area contributed by atoms with Gasteiger partial charge in [-0.05, 0) is 36.4 Å². The number of carbonyl (C=O) groups excluding carboxylic acids is 1. The molecule has 0 radical (unpaired) electrons. The Labute approximate surface area is 166 Å². The minimum absolute atomic E-state index is 0.0317. The van der Waals surface area contributed by atoms with Gasteiger partial charge in [-0.1, -0.05) is 48.2 Å². The zero-order chi connectivity index (χ0) is 19.2. The number of aromatic nitrogens is 3. The minimum atomic E-state index is -0.0317. The van der Waals surface area contributed by atoms with Crippen LogP contribution in [0, 0.1) is 0 Å². The number of thioether (sulfide) groups is 1. The molecule has 0 saturated heterocycles. The van der Waals surface area contributed by atoms with Crippen molar-refractivity contribution in [1.82, 2.24) is 14.8 Å². The second kappa shape index (κ2) is 8.58. The van der Waals surface area contributed by atoms with Crippen molar-refractivity contribution in [3.8, 4) is 17.3 Å². The number of amides is 1. The molecule has 140 valence electrons. The molecular formula is C21H18N4O2S. The molecule has 0 atom stereocenters. The smallest absolute Gasteiger partial charge is 0.225 e. The van der Waals surface area contributed by atoms with Crippen molar-refractivity contribution in [2.75, 3.05) is 11.1 Å². The average molecular weight is 390 g/mol. The van der Waals surface area contributed by atoms with Crippen LogP contribution in [0.3, 0.4) is 0 Å². The van der Waals surface area contributed by atoms with E-state index in [0.29, 0.717) is 28.9 Å². The van der Waals surface area contributed by atoms with Gasteiger partial charge >= 0.3 is 0 Å². The molecule has 4 aromatic rings. The number of furan rings is 1. The van der Waals surface area contributed by atoms with Gasteiger partial charge in [0.2, 0.25) is 11.7 Å². The maximum atomic E-state index is 12.2. The predicted molar refractivity (Wildman–Crippen MR) is 109 cm³/mol. The summed E-state index contributed by atoms with van der Waals surface area (Å²) in [6.45, 7) is 0. The topological polar surface area (TPSA) is 73.0 Å². The van der Waals surface area contributed by atoms with Crippen molar-refractivity contribution >= 4 is 23.4 Å². The van der Waals surface area contributed by atoms with Crippen LogP contribution in [0.2, 0.25) is 0 Å². The monoisotopic (exact) mass is 390 g/mol. The molecule has 2 aromatic heterocycles. The lowest BCUT2D eigenvalue weighted by molar-refractivity contribution is -0.115. The summed E-state index contributed by atoms with van der Waals surface area (Å²) < 4.78 is 7.45. The van der Waals surface area contributed by atoms with Crippen molar-refractivity contribution in [2.24, 2.45) is 0 Å². The quantitative estimate of drug-likeness (QED) is 0.465. The fourth-order valence-electron chi connectivity index (χ4n) is 2.72. The van der Waals surface area contributed by atoms with Crippen LogP contribution in [-0.2, 0) is 4.79 Å². The van der Waals surface area contributed by atoms with E-state index < -0.39 is 0 Å². The standard InChI is InChI=1S/C21H18N4O2S/c26-19(22-16-8-3-1-4-9-16)13-15-28-21-24-23-20(18-12-7-14-27-18)25(21)17-10-5-2-6-11-17/h1-12,14H,13,15H2,(H,22,26). The highest BCUT2D eigenvalue weighted by Crippen LogP contribution is 2.28. The average Bonchev–Trinajstić information content (AvgIpc) is 3.39.